The van der Waals surface area contributed by atoms with Gasteiger partial charge in [0.1, 0.15) is 5.03 Å². The molecule has 2 fully saturated rings. The second kappa shape index (κ2) is 6.65. The second-order valence-corrected chi connectivity index (χ2v) is 9.56. The van der Waals surface area contributed by atoms with E-state index in [1.165, 1.54) is 61.1 Å². The minimum absolute atomic E-state index is 0.201. The summed E-state index contributed by atoms with van der Waals surface area (Å²) in [6, 6.07) is 8.96. The third kappa shape index (κ3) is 3.07. The molecule has 1 aromatic heterocycles. The zero-order valence-electron chi connectivity index (χ0n) is 15.2. The molecule has 0 amide bonds. The van der Waals surface area contributed by atoms with E-state index >= 15 is 0 Å². The maximum absolute atomic E-state index is 6.69. The minimum atomic E-state index is 0.201. The second-order valence-electron chi connectivity index (χ2n) is 8.52. The zero-order valence-corrected chi connectivity index (χ0v) is 16.0. The van der Waals surface area contributed by atoms with Crippen molar-refractivity contribution in [2.45, 2.75) is 61.9 Å². The molecule has 4 heteroatoms. The molecule has 0 aliphatic heterocycles. The lowest BCUT2D eigenvalue weighted by Crippen LogP contribution is -2.35. The van der Waals surface area contributed by atoms with Crippen molar-refractivity contribution in [1.82, 2.24) is 9.97 Å². The number of aromatic nitrogens is 2. The van der Waals surface area contributed by atoms with Gasteiger partial charge in [0.2, 0.25) is 0 Å². The van der Waals surface area contributed by atoms with Crippen molar-refractivity contribution >= 4 is 11.8 Å². The molecule has 3 aliphatic carbocycles. The van der Waals surface area contributed by atoms with Gasteiger partial charge in [-0.15, -0.1) is 11.8 Å². The first kappa shape index (κ1) is 16.8. The van der Waals surface area contributed by atoms with E-state index in [-0.39, 0.29) is 11.5 Å². The Kier molecular flexibility index (Phi) is 4.29. The first-order valence-electron chi connectivity index (χ1n) is 10.0. The van der Waals surface area contributed by atoms with Crippen LogP contribution in [0, 0.1) is 11.3 Å². The Hall–Kier alpha value is -1.39. The molecule has 2 N–H and O–H groups in total. The van der Waals surface area contributed by atoms with Gasteiger partial charge in [-0.2, -0.15) is 0 Å². The number of benzene rings is 1. The largest absolute Gasteiger partial charge is 0.323 e. The first-order chi connectivity index (χ1) is 12.7. The van der Waals surface area contributed by atoms with Crippen molar-refractivity contribution in [2.75, 3.05) is 5.75 Å². The topological polar surface area (TPSA) is 51.8 Å². The van der Waals surface area contributed by atoms with Crippen LogP contribution in [-0.4, -0.2) is 15.7 Å². The number of nitrogens with zero attached hydrogens (tertiary/aromatic N) is 2. The van der Waals surface area contributed by atoms with Crippen molar-refractivity contribution in [3.63, 3.8) is 0 Å². The number of thioether (sulfide) groups is 1. The van der Waals surface area contributed by atoms with Crippen LogP contribution in [0.15, 0.2) is 41.7 Å². The van der Waals surface area contributed by atoms with E-state index in [1.807, 2.05) is 24.2 Å². The lowest BCUT2D eigenvalue weighted by Gasteiger charge is -2.40. The van der Waals surface area contributed by atoms with Gasteiger partial charge in [-0.25, -0.2) is 4.98 Å². The summed E-state index contributed by atoms with van der Waals surface area (Å²) >= 11 is 1.86. The van der Waals surface area contributed by atoms with Crippen LogP contribution >= 0.6 is 11.8 Å². The van der Waals surface area contributed by atoms with Crippen LogP contribution in [0.2, 0.25) is 0 Å². The summed E-state index contributed by atoms with van der Waals surface area (Å²) in [7, 11) is 0. The summed E-state index contributed by atoms with van der Waals surface area (Å²) in [6.07, 6.45) is 12.7. The monoisotopic (exact) mass is 365 g/mol. The maximum Gasteiger partial charge on any atom is 0.114 e. The van der Waals surface area contributed by atoms with Crippen LogP contribution in [0.5, 0.6) is 0 Å². The molecular weight excluding hydrogens is 338 g/mol. The molecule has 0 radical (unpaired) electrons. The number of fused-ring (bicyclic) bond motifs is 1. The summed E-state index contributed by atoms with van der Waals surface area (Å²) in [5, 5.41) is 1.08. The molecule has 3 aliphatic rings. The van der Waals surface area contributed by atoms with Crippen molar-refractivity contribution < 1.29 is 0 Å². The quantitative estimate of drug-likeness (QED) is 0.785. The number of hydrogen-bond donors (Lipinski definition) is 1. The normalized spacial score (nSPS) is 30.5. The van der Waals surface area contributed by atoms with Gasteiger partial charge in [0.05, 0.1) is 11.9 Å². The van der Waals surface area contributed by atoms with Gasteiger partial charge in [-0.3, -0.25) is 4.98 Å². The lowest BCUT2D eigenvalue weighted by atomic mass is 9.66. The fourth-order valence-corrected chi connectivity index (χ4v) is 5.89. The Balaban J connectivity index is 1.23. The van der Waals surface area contributed by atoms with Crippen molar-refractivity contribution in [3.05, 3.63) is 53.5 Å². The van der Waals surface area contributed by atoms with Gasteiger partial charge < -0.3 is 5.73 Å². The third-order valence-corrected chi connectivity index (χ3v) is 7.95. The van der Waals surface area contributed by atoms with Crippen molar-refractivity contribution in [3.8, 4) is 0 Å². The lowest BCUT2D eigenvalue weighted by molar-refractivity contribution is 0.148. The molecule has 0 unspecified atom stereocenters. The molecule has 26 heavy (non-hydrogen) atoms. The molecule has 0 bridgehead atoms. The Morgan fingerprint density at radius 1 is 1.04 bits per heavy atom. The molecule has 2 aromatic rings. The Morgan fingerprint density at radius 3 is 2.54 bits per heavy atom. The van der Waals surface area contributed by atoms with Crippen LogP contribution in [0.4, 0.5) is 0 Å². The summed E-state index contributed by atoms with van der Waals surface area (Å²) in [6.45, 7) is 0. The summed E-state index contributed by atoms with van der Waals surface area (Å²) in [4.78, 5) is 9.43. The Labute approximate surface area is 160 Å². The van der Waals surface area contributed by atoms with E-state index in [4.69, 9.17) is 10.7 Å². The number of hydrogen-bond acceptors (Lipinski definition) is 4. The van der Waals surface area contributed by atoms with E-state index < -0.39 is 0 Å². The molecule has 3 nitrogen and oxygen atoms in total. The highest BCUT2D eigenvalue weighted by molar-refractivity contribution is 7.99. The standard InChI is InChI=1S/C22H27N3S/c23-21-18-4-2-1-3-17(18)11-22(21)9-7-16(8-10-22)19-12-25-20(13-24-19)26-14-15-5-6-15/h1-4,12-13,15-16,21H,5-11,14,23H2/t16-,21-,22+/m0/s1. The maximum atomic E-state index is 6.69. The Bertz CT molecular complexity index is 776. The van der Waals surface area contributed by atoms with Crippen LogP contribution in [0.25, 0.3) is 0 Å². The van der Waals surface area contributed by atoms with E-state index in [0.717, 1.165) is 17.4 Å². The average molecular weight is 366 g/mol. The van der Waals surface area contributed by atoms with Gasteiger partial charge in [0, 0.05) is 23.9 Å². The molecule has 1 spiro atoms. The highest BCUT2D eigenvalue weighted by Crippen LogP contribution is 2.55. The fourth-order valence-electron chi connectivity index (χ4n) is 4.89. The third-order valence-electron chi connectivity index (χ3n) is 6.80. The van der Waals surface area contributed by atoms with Gasteiger partial charge in [0.25, 0.3) is 0 Å². The predicted octanol–water partition coefficient (Wildman–Crippen LogP) is 4.88. The number of nitrogens with two attached hydrogens (primary N) is 1. The molecule has 1 atom stereocenters. The summed E-state index contributed by atoms with van der Waals surface area (Å²) < 4.78 is 0. The van der Waals surface area contributed by atoms with Crippen LogP contribution in [0.1, 0.15) is 67.3 Å². The SMILES string of the molecule is N[C@H]1c2ccccc2C[C@]12CC[C@H](c1cnc(SCC3CC3)cn1)CC2. The van der Waals surface area contributed by atoms with Crippen molar-refractivity contribution in [2.24, 2.45) is 17.1 Å². The van der Waals surface area contributed by atoms with E-state index in [0.29, 0.717) is 5.92 Å². The molecule has 5 rings (SSSR count). The Morgan fingerprint density at radius 2 is 1.85 bits per heavy atom. The van der Waals surface area contributed by atoms with Crippen LogP contribution < -0.4 is 5.73 Å². The van der Waals surface area contributed by atoms with Crippen LogP contribution in [0.3, 0.4) is 0 Å². The fraction of sp³-hybridized carbons (Fsp3) is 0.545. The van der Waals surface area contributed by atoms with Crippen LogP contribution in [-0.2, 0) is 6.42 Å². The molecular formula is C22H27N3S. The van der Waals surface area contributed by atoms with Gasteiger partial charge in [0.15, 0.2) is 0 Å². The van der Waals surface area contributed by atoms with Crippen molar-refractivity contribution in [1.29, 1.82) is 0 Å². The van der Waals surface area contributed by atoms with Gasteiger partial charge >= 0.3 is 0 Å². The molecule has 1 aromatic carbocycles. The average Bonchev–Trinajstić information content (AvgIpc) is 3.48. The zero-order chi connectivity index (χ0) is 17.6. The number of rotatable bonds is 4. The first-order valence-corrected chi connectivity index (χ1v) is 11.0. The smallest absolute Gasteiger partial charge is 0.114 e. The highest BCUT2D eigenvalue weighted by atomic mass is 32.2. The predicted molar refractivity (Wildman–Crippen MR) is 106 cm³/mol. The molecule has 136 valence electrons. The minimum Gasteiger partial charge on any atom is -0.323 e. The van der Waals surface area contributed by atoms with Gasteiger partial charge in [-0.05, 0) is 67.4 Å². The van der Waals surface area contributed by atoms with E-state index in [1.54, 1.807) is 0 Å². The molecule has 2 saturated carbocycles. The van der Waals surface area contributed by atoms with E-state index in [9.17, 15) is 0 Å². The summed E-state index contributed by atoms with van der Waals surface area (Å²) in [5.41, 5.74) is 11.0. The molecule has 0 saturated heterocycles. The molecule has 1 heterocycles. The summed E-state index contributed by atoms with van der Waals surface area (Å²) in [5.74, 6) is 2.68. The highest BCUT2D eigenvalue weighted by Gasteiger charge is 2.46. The van der Waals surface area contributed by atoms with Gasteiger partial charge in [-0.1, -0.05) is 24.3 Å². The van der Waals surface area contributed by atoms with E-state index in [2.05, 4.69) is 29.2 Å².